The summed E-state index contributed by atoms with van der Waals surface area (Å²) in [6.07, 6.45) is 3.98. The number of oxazole rings is 1. The molecule has 0 radical (unpaired) electrons. The molecule has 0 saturated carbocycles. The van der Waals surface area contributed by atoms with E-state index >= 15 is 4.39 Å². The van der Waals surface area contributed by atoms with Crippen molar-refractivity contribution in [2.75, 3.05) is 7.11 Å². The first kappa shape index (κ1) is 20.0. The topological polar surface area (TPSA) is 94.6 Å². The molecule has 162 valence electrons. The van der Waals surface area contributed by atoms with Gasteiger partial charge in [0.25, 0.3) is 0 Å². The van der Waals surface area contributed by atoms with Gasteiger partial charge >= 0.3 is 0 Å². The summed E-state index contributed by atoms with van der Waals surface area (Å²) in [6, 6.07) is 10.4. The highest BCUT2D eigenvalue weighted by Gasteiger charge is 2.31. The number of benzene rings is 2. The predicted octanol–water partition coefficient (Wildman–Crippen LogP) is 4.35. The lowest BCUT2D eigenvalue weighted by Crippen LogP contribution is -2.39. The fourth-order valence-electron chi connectivity index (χ4n) is 3.95. The quantitative estimate of drug-likeness (QED) is 0.470. The van der Waals surface area contributed by atoms with Crippen LogP contribution >= 0.6 is 0 Å². The summed E-state index contributed by atoms with van der Waals surface area (Å²) in [6.45, 7) is 0. The number of amides is 2. The molecule has 1 aliphatic rings. The number of carbonyl (C=O) groups excluding carboxylic acids is 2. The van der Waals surface area contributed by atoms with Crippen LogP contribution in [-0.4, -0.2) is 23.9 Å². The van der Waals surface area contributed by atoms with E-state index in [1.807, 2.05) is 24.3 Å². The van der Waals surface area contributed by atoms with Gasteiger partial charge in [-0.15, -0.1) is 0 Å². The van der Waals surface area contributed by atoms with Crippen LogP contribution in [0.5, 0.6) is 5.75 Å². The maximum Gasteiger partial charge on any atom is 0.234 e. The second-order valence-electron chi connectivity index (χ2n) is 7.67. The van der Waals surface area contributed by atoms with Crippen LogP contribution in [0.4, 0.5) is 4.39 Å². The minimum atomic E-state index is -0.555. The van der Waals surface area contributed by atoms with Gasteiger partial charge in [-0.1, -0.05) is 12.1 Å². The van der Waals surface area contributed by atoms with Crippen LogP contribution < -0.4 is 10.1 Å². The number of furan rings is 1. The first-order chi connectivity index (χ1) is 15.5. The Morgan fingerprint density at radius 1 is 1.22 bits per heavy atom. The molecule has 0 bridgehead atoms. The zero-order valence-corrected chi connectivity index (χ0v) is 17.2. The molecule has 5 rings (SSSR count). The number of rotatable bonds is 5. The largest absolute Gasteiger partial charge is 0.497 e. The van der Waals surface area contributed by atoms with Gasteiger partial charge in [0.05, 0.1) is 31.1 Å². The lowest BCUT2D eigenvalue weighted by molar-refractivity contribution is -0.134. The van der Waals surface area contributed by atoms with Crippen molar-refractivity contribution < 1.29 is 27.6 Å². The number of hydrogen-bond donors (Lipinski definition) is 1. The molecule has 1 fully saturated rings. The summed E-state index contributed by atoms with van der Waals surface area (Å²) < 4.78 is 31.6. The molecule has 2 aromatic heterocycles. The van der Waals surface area contributed by atoms with E-state index in [0.29, 0.717) is 35.3 Å². The van der Waals surface area contributed by atoms with Crippen molar-refractivity contribution in [2.24, 2.45) is 0 Å². The number of nitrogens with zero attached hydrogens (tertiary/aromatic N) is 1. The van der Waals surface area contributed by atoms with Crippen LogP contribution in [0.2, 0.25) is 0 Å². The van der Waals surface area contributed by atoms with Crippen molar-refractivity contribution in [1.82, 2.24) is 10.3 Å². The summed E-state index contributed by atoms with van der Waals surface area (Å²) in [4.78, 5) is 27.9. The molecule has 1 aliphatic heterocycles. The van der Waals surface area contributed by atoms with E-state index in [1.54, 1.807) is 7.11 Å². The zero-order valence-electron chi connectivity index (χ0n) is 17.2. The number of ether oxygens (including phenoxy) is 1. The van der Waals surface area contributed by atoms with Gasteiger partial charge in [0.2, 0.25) is 11.8 Å². The lowest BCUT2D eigenvalue weighted by atomic mass is 9.90. The van der Waals surface area contributed by atoms with Gasteiger partial charge in [0.15, 0.2) is 11.7 Å². The lowest BCUT2D eigenvalue weighted by Gasteiger charge is -2.19. The number of nitrogens with one attached hydrogen (secondary N) is 1. The van der Waals surface area contributed by atoms with Gasteiger partial charge in [0, 0.05) is 23.8 Å². The van der Waals surface area contributed by atoms with Crippen molar-refractivity contribution in [3.05, 3.63) is 71.7 Å². The van der Waals surface area contributed by atoms with E-state index in [9.17, 15) is 9.59 Å². The molecule has 1 unspecified atom stereocenters. The average Bonchev–Trinajstić information content (AvgIpc) is 3.41. The van der Waals surface area contributed by atoms with Crippen LogP contribution in [0.3, 0.4) is 0 Å². The van der Waals surface area contributed by atoms with E-state index < -0.39 is 17.6 Å². The SMILES string of the molecule is COc1ccc(Cc2ncc(-c3cc4occ(C5CCC(=O)NC5=O)c4cc3F)o2)cc1. The Hall–Kier alpha value is -3.94. The molecule has 4 aromatic rings. The predicted molar refractivity (Wildman–Crippen MR) is 113 cm³/mol. The van der Waals surface area contributed by atoms with Crippen LogP contribution in [0, 0.1) is 5.82 Å². The summed E-state index contributed by atoms with van der Waals surface area (Å²) in [5, 5.41) is 2.82. The first-order valence-corrected chi connectivity index (χ1v) is 10.1. The first-order valence-electron chi connectivity index (χ1n) is 10.1. The molecule has 8 heteroatoms. The Balaban J connectivity index is 1.42. The number of carbonyl (C=O) groups is 2. The van der Waals surface area contributed by atoms with Crippen LogP contribution in [0.25, 0.3) is 22.3 Å². The highest BCUT2D eigenvalue weighted by Crippen LogP contribution is 2.36. The fourth-order valence-corrected chi connectivity index (χ4v) is 3.95. The summed E-state index contributed by atoms with van der Waals surface area (Å²) in [5.41, 5.74) is 2.19. The number of aromatic nitrogens is 1. The van der Waals surface area contributed by atoms with Crippen molar-refractivity contribution >= 4 is 22.8 Å². The molecule has 32 heavy (non-hydrogen) atoms. The van der Waals surface area contributed by atoms with Crippen LogP contribution in [-0.2, 0) is 16.0 Å². The van der Waals surface area contributed by atoms with Crippen LogP contribution in [0.15, 0.2) is 57.7 Å². The molecule has 0 spiro atoms. The van der Waals surface area contributed by atoms with Crippen molar-refractivity contribution in [3.63, 3.8) is 0 Å². The van der Waals surface area contributed by atoms with E-state index in [4.69, 9.17) is 13.6 Å². The third-order valence-corrected chi connectivity index (χ3v) is 5.64. The van der Waals surface area contributed by atoms with E-state index in [0.717, 1.165) is 11.3 Å². The average molecular weight is 434 g/mol. The molecule has 0 aliphatic carbocycles. The number of halogens is 1. The normalized spacial score (nSPS) is 16.4. The highest BCUT2D eigenvalue weighted by molar-refractivity contribution is 6.02. The summed E-state index contributed by atoms with van der Waals surface area (Å²) >= 11 is 0. The number of imide groups is 1. The fraction of sp³-hybridized carbons (Fsp3) is 0.208. The molecular weight excluding hydrogens is 415 g/mol. The second kappa shape index (κ2) is 7.96. The Labute approximate surface area is 182 Å². The van der Waals surface area contributed by atoms with Gasteiger partial charge in [-0.25, -0.2) is 9.37 Å². The molecule has 2 amide bonds. The van der Waals surface area contributed by atoms with E-state index in [2.05, 4.69) is 10.3 Å². The van der Waals surface area contributed by atoms with Gasteiger partial charge in [-0.05, 0) is 36.2 Å². The van der Waals surface area contributed by atoms with E-state index in [-0.39, 0.29) is 23.7 Å². The number of fused-ring (bicyclic) bond motifs is 1. The Kier molecular flexibility index (Phi) is 4.97. The standard InChI is InChI=1S/C24H19FN2O5/c1-30-14-4-2-13(3-5-14)8-23-26-11-21(32-23)17-10-20-16(9-19(17)25)18(12-31-20)15-6-7-22(28)27-24(15)29/h2-5,9-12,15H,6-8H2,1H3,(H,27,28,29). The zero-order chi connectivity index (χ0) is 22.2. The molecule has 3 heterocycles. The monoisotopic (exact) mass is 434 g/mol. The smallest absolute Gasteiger partial charge is 0.234 e. The molecular formula is C24H19FN2O5. The number of hydrogen-bond acceptors (Lipinski definition) is 6. The van der Waals surface area contributed by atoms with Crippen molar-refractivity contribution in [2.45, 2.75) is 25.2 Å². The summed E-state index contributed by atoms with van der Waals surface area (Å²) in [7, 11) is 1.60. The maximum atomic E-state index is 15.0. The molecule has 1 saturated heterocycles. The van der Waals surface area contributed by atoms with Gasteiger partial charge in [0.1, 0.15) is 17.1 Å². The van der Waals surface area contributed by atoms with Gasteiger partial charge in [-0.3, -0.25) is 14.9 Å². The Morgan fingerprint density at radius 3 is 2.78 bits per heavy atom. The molecule has 7 nitrogen and oxygen atoms in total. The third kappa shape index (κ3) is 3.64. The summed E-state index contributed by atoms with van der Waals surface area (Å²) in [5.74, 6) is -0.275. The van der Waals surface area contributed by atoms with Crippen LogP contribution in [0.1, 0.15) is 35.8 Å². The number of methoxy groups -OCH3 is 1. The molecule has 1 atom stereocenters. The minimum Gasteiger partial charge on any atom is -0.497 e. The van der Waals surface area contributed by atoms with Crippen molar-refractivity contribution in [3.8, 4) is 17.1 Å². The minimum absolute atomic E-state index is 0.218. The van der Waals surface area contributed by atoms with Gasteiger partial charge < -0.3 is 13.6 Å². The number of piperidine rings is 1. The van der Waals surface area contributed by atoms with E-state index in [1.165, 1.54) is 24.6 Å². The Bertz CT molecular complexity index is 1320. The Morgan fingerprint density at radius 2 is 2.03 bits per heavy atom. The van der Waals surface area contributed by atoms with Crippen molar-refractivity contribution in [1.29, 1.82) is 0 Å². The molecule has 1 N–H and O–H groups in total. The third-order valence-electron chi connectivity index (χ3n) is 5.64. The maximum absolute atomic E-state index is 15.0. The van der Waals surface area contributed by atoms with Gasteiger partial charge in [-0.2, -0.15) is 0 Å². The second-order valence-corrected chi connectivity index (χ2v) is 7.67. The highest BCUT2D eigenvalue weighted by atomic mass is 19.1. The molecule has 2 aromatic carbocycles.